The van der Waals surface area contributed by atoms with Gasteiger partial charge in [0, 0.05) is 44.0 Å². The van der Waals surface area contributed by atoms with Crippen LogP contribution in [0, 0.1) is 0 Å². The van der Waals surface area contributed by atoms with Crippen molar-refractivity contribution >= 4 is 21.6 Å². The van der Waals surface area contributed by atoms with Crippen LogP contribution in [0.15, 0.2) is 89.8 Å². The summed E-state index contributed by atoms with van der Waals surface area (Å²) in [6.45, 7) is 2.99. The average molecular weight is 436 g/mol. The molecule has 1 aliphatic heterocycles. The first-order chi connectivity index (χ1) is 15.0. The molecule has 160 valence electrons. The van der Waals surface area contributed by atoms with Gasteiger partial charge < -0.3 is 5.32 Å². The van der Waals surface area contributed by atoms with Crippen molar-refractivity contribution < 1.29 is 13.2 Å². The van der Waals surface area contributed by atoms with Gasteiger partial charge >= 0.3 is 0 Å². The Kier molecular flexibility index (Phi) is 6.46. The van der Waals surface area contributed by atoms with Gasteiger partial charge in [-0.2, -0.15) is 4.31 Å². The minimum Gasteiger partial charge on any atom is -0.322 e. The van der Waals surface area contributed by atoms with Crippen molar-refractivity contribution in [3.8, 4) is 0 Å². The van der Waals surface area contributed by atoms with Gasteiger partial charge in [0.15, 0.2) is 0 Å². The third-order valence-corrected chi connectivity index (χ3v) is 7.28. The van der Waals surface area contributed by atoms with Crippen molar-refractivity contribution in [3.63, 3.8) is 0 Å². The minimum absolute atomic E-state index is 0.141. The van der Waals surface area contributed by atoms with Crippen molar-refractivity contribution in [2.24, 2.45) is 0 Å². The Hall–Kier alpha value is -3.00. The Morgan fingerprint density at radius 1 is 0.774 bits per heavy atom. The quantitative estimate of drug-likeness (QED) is 0.644. The number of amides is 1. The summed E-state index contributed by atoms with van der Waals surface area (Å²) < 4.78 is 27.1. The summed E-state index contributed by atoms with van der Waals surface area (Å²) in [6, 6.07) is 25.5. The van der Waals surface area contributed by atoms with E-state index >= 15 is 0 Å². The number of para-hydroxylation sites is 1. The van der Waals surface area contributed by atoms with Crippen molar-refractivity contribution in [3.05, 3.63) is 96.1 Å². The molecule has 3 aromatic rings. The summed E-state index contributed by atoms with van der Waals surface area (Å²) in [4.78, 5) is 15.0. The van der Waals surface area contributed by atoms with E-state index in [2.05, 4.69) is 10.2 Å². The van der Waals surface area contributed by atoms with Crippen LogP contribution in [0.4, 0.5) is 5.69 Å². The fourth-order valence-electron chi connectivity index (χ4n) is 3.61. The number of benzene rings is 3. The van der Waals surface area contributed by atoms with E-state index in [-0.39, 0.29) is 5.91 Å². The molecule has 7 heteroatoms. The van der Waals surface area contributed by atoms with Gasteiger partial charge in [0.2, 0.25) is 10.0 Å². The standard InChI is InChI=1S/C24H25N3O3S/c28-24(25-22-7-3-1-4-8-22)21-13-11-20(12-14-21)19-26-15-17-27(18-16-26)31(29,30)23-9-5-2-6-10-23/h1-14H,15-19H2,(H,25,28). The predicted octanol–water partition coefficient (Wildman–Crippen LogP) is 3.45. The van der Waals surface area contributed by atoms with E-state index in [0.29, 0.717) is 36.6 Å². The molecule has 1 fully saturated rings. The second-order valence-corrected chi connectivity index (χ2v) is 9.45. The van der Waals surface area contributed by atoms with Gasteiger partial charge in [0.1, 0.15) is 0 Å². The van der Waals surface area contributed by atoms with E-state index in [4.69, 9.17) is 0 Å². The maximum absolute atomic E-state index is 12.8. The Bertz CT molecular complexity index is 1110. The number of carbonyl (C=O) groups is 1. The molecular weight excluding hydrogens is 410 g/mol. The van der Waals surface area contributed by atoms with Crippen LogP contribution >= 0.6 is 0 Å². The minimum atomic E-state index is -3.44. The molecule has 3 aromatic carbocycles. The number of rotatable bonds is 6. The van der Waals surface area contributed by atoms with E-state index < -0.39 is 10.0 Å². The highest BCUT2D eigenvalue weighted by atomic mass is 32.2. The predicted molar refractivity (Wildman–Crippen MR) is 121 cm³/mol. The van der Waals surface area contributed by atoms with Gasteiger partial charge in [-0.1, -0.05) is 48.5 Å². The van der Waals surface area contributed by atoms with E-state index in [9.17, 15) is 13.2 Å². The first-order valence-corrected chi connectivity index (χ1v) is 11.7. The van der Waals surface area contributed by atoms with Crippen molar-refractivity contribution in [1.82, 2.24) is 9.21 Å². The lowest BCUT2D eigenvalue weighted by Gasteiger charge is -2.34. The smallest absolute Gasteiger partial charge is 0.255 e. The van der Waals surface area contributed by atoms with Gasteiger partial charge in [0.05, 0.1) is 4.90 Å². The van der Waals surface area contributed by atoms with Crippen molar-refractivity contribution in [2.75, 3.05) is 31.5 Å². The molecular formula is C24H25N3O3S. The summed E-state index contributed by atoms with van der Waals surface area (Å²) in [5, 5.41) is 2.88. The summed E-state index contributed by atoms with van der Waals surface area (Å²) in [6.07, 6.45) is 0. The van der Waals surface area contributed by atoms with Crippen LogP contribution in [0.1, 0.15) is 15.9 Å². The Morgan fingerprint density at radius 3 is 1.97 bits per heavy atom. The lowest BCUT2D eigenvalue weighted by atomic mass is 10.1. The van der Waals surface area contributed by atoms with Gasteiger partial charge in [0.25, 0.3) is 5.91 Å². The zero-order chi connectivity index (χ0) is 21.7. The van der Waals surface area contributed by atoms with Crippen LogP contribution in [-0.2, 0) is 16.6 Å². The fraction of sp³-hybridized carbons (Fsp3) is 0.208. The fourth-order valence-corrected chi connectivity index (χ4v) is 5.06. The molecule has 31 heavy (non-hydrogen) atoms. The van der Waals surface area contributed by atoms with Crippen LogP contribution in [0.25, 0.3) is 0 Å². The molecule has 0 radical (unpaired) electrons. The number of hydrogen-bond donors (Lipinski definition) is 1. The molecule has 0 saturated carbocycles. The van der Waals surface area contributed by atoms with Gasteiger partial charge in [-0.05, 0) is 42.0 Å². The third kappa shape index (κ3) is 5.19. The summed E-state index contributed by atoms with van der Waals surface area (Å²) >= 11 is 0. The lowest BCUT2D eigenvalue weighted by Crippen LogP contribution is -2.48. The van der Waals surface area contributed by atoms with Crippen LogP contribution < -0.4 is 5.32 Å². The number of hydrogen-bond acceptors (Lipinski definition) is 4. The molecule has 0 aliphatic carbocycles. The molecule has 1 amide bonds. The van der Waals surface area contributed by atoms with Crippen LogP contribution in [0.2, 0.25) is 0 Å². The van der Waals surface area contributed by atoms with Gasteiger partial charge in [-0.15, -0.1) is 0 Å². The van der Waals surface area contributed by atoms with E-state index in [1.807, 2.05) is 60.7 Å². The highest BCUT2D eigenvalue weighted by Gasteiger charge is 2.28. The summed E-state index contributed by atoms with van der Waals surface area (Å²) in [5.74, 6) is -0.141. The average Bonchev–Trinajstić information content (AvgIpc) is 2.81. The first kappa shape index (κ1) is 21.2. The summed E-state index contributed by atoms with van der Waals surface area (Å²) in [7, 11) is -3.44. The first-order valence-electron chi connectivity index (χ1n) is 10.3. The summed E-state index contributed by atoms with van der Waals surface area (Å²) in [5.41, 5.74) is 2.46. The zero-order valence-corrected chi connectivity index (χ0v) is 18.0. The van der Waals surface area contributed by atoms with Crippen LogP contribution in [0.3, 0.4) is 0 Å². The second kappa shape index (κ2) is 9.43. The maximum Gasteiger partial charge on any atom is 0.255 e. The molecule has 0 atom stereocenters. The number of anilines is 1. The van der Waals surface area contributed by atoms with E-state index in [1.165, 1.54) is 0 Å². The normalized spacial score (nSPS) is 15.5. The van der Waals surface area contributed by atoms with Crippen molar-refractivity contribution in [2.45, 2.75) is 11.4 Å². The second-order valence-electron chi connectivity index (χ2n) is 7.51. The molecule has 0 bridgehead atoms. The largest absolute Gasteiger partial charge is 0.322 e. The molecule has 4 rings (SSSR count). The zero-order valence-electron chi connectivity index (χ0n) is 17.1. The molecule has 1 heterocycles. The molecule has 1 N–H and O–H groups in total. The number of nitrogens with zero attached hydrogens (tertiary/aromatic N) is 2. The molecule has 6 nitrogen and oxygen atoms in total. The molecule has 1 saturated heterocycles. The van der Waals surface area contributed by atoms with E-state index in [0.717, 1.165) is 17.8 Å². The Balaban J connectivity index is 1.31. The SMILES string of the molecule is O=C(Nc1ccccc1)c1ccc(CN2CCN(S(=O)(=O)c3ccccc3)CC2)cc1. The van der Waals surface area contributed by atoms with Crippen LogP contribution in [0.5, 0.6) is 0 Å². The third-order valence-electron chi connectivity index (χ3n) is 5.37. The topological polar surface area (TPSA) is 69.7 Å². The molecule has 0 aromatic heterocycles. The number of carbonyl (C=O) groups excluding carboxylic acids is 1. The number of piperazine rings is 1. The van der Waals surface area contributed by atoms with Gasteiger partial charge in [-0.3, -0.25) is 9.69 Å². The number of nitrogens with one attached hydrogen (secondary N) is 1. The molecule has 1 aliphatic rings. The molecule has 0 unspecified atom stereocenters. The monoisotopic (exact) mass is 435 g/mol. The molecule has 0 spiro atoms. The van der Waals surface area contributed by atoms with Crippen LogP contribution in [-0.4, -0.2) is 49.7 Å². The lowest BCUT2D eigenvalue weighted by molar-refractivity contribution is 0.102. The number of sulfonamides is 1. The Labute approximate surface area is 183 Å². The Morgan fingerprint density at radius 2 is 1.35 bits per heavy atom. The van der Waals surface area contributed by atoms with Gasteiger partial charge in [-0.25, -0.2) is 8.42 Å². The maximum atomic E-state index is 12.8. The van der Waals surface area contributed by atoms with E-state index in [1.54, 1.807) is 28.6 Å². The highest BCUT2D eigenvalue weighted by Crippen LogP contribution is 2.18. The van der Waals surface area contributed by atoms with Crippen molar-refractivity contribution in [1.29, 1.82) is 0 Å². The highest BCUT2D eigenvalue weighted by molar-refractivity contribution is 7.89.